The van der Waals surface area contributed by atoms with Crippen molar-refractivity contribution in [3.05, 3.63) is 34.9 Å². The maximum absolute atomic E-state index is 6.31. The van der Waals surface area contributed by atoms with Crippen molar-refractivity contribution in [2.45, 2.75) is 45.2 Å². The van der Waals surface area contributed by atoms with Crippen molar-refractivity contribution in [1.29, 1.82) is 0 Å². The Bertz CT molecular complexity index is 435. The van der Waals surface area contributed by atoms with E-state index in [2.05, 4.69) is 37.9 Å². The molecule has 0 aliphatic heterocycles. The van der Waals surface area contributed by atoms with Crippen molar-refractivity contribution in [1.82, 2.24) is 4.90 Å². The molecule has 0 spiro atoms. The molecule has 0 bridgehead atoms. The Kier molecular flexibility index (Phi) is 5.48. The lowest BCUT2D eigenvalue weighted by atomic mass is 9.79. The van der Waals surface area contributed by atoms with Crippen LogP contribution < -0.4 is 5.73 Å². The first-order valence-electron chi connectivity index (χ1n) is 7.69. The van der Waals surface area contributed by atoms with E-state index in [1.807, 2.05) is 12.1 Å². The van der Waals surface area contributed by atoms with Gasteiger partial charge in [-0.2, -0.15) is 0 Å². The highest BCUT2D eigenvalue weighted by Gasteiger charge is 2.28. The van der Waals surface area contributed by atoms with Crippen LogP contribution in [0.15, 0.2) is 24.3 Å². The Morgan fingerprint density at radius 2 is 2.05 bits per heavy atom. The van der Waals surface area contributed by atoms with E-state index in [-0.39, 0.29) is 0 Å². The summed E-state index contributed by atoms with van der Waals surface area (Å²) in [5.74, 6) is 1.41. The van der Waals surface area contributed by atoms with Crippen LogP contribution in [-0.2, 0) is 0 Å². The van der Waals surface area contributed by atoms with E-state index in [4.69, 9.17) is 17.3 Å². The molecule has 4 atom stereocenters. The Labute approximate surface area is 128 Å². The number of rotatable bonds is 4. The van der Waals surface area contributed by atoms with Crippen LogP contribution in [0.4, 0.5) is 0 Å². The lowest BCUT2D eigenvalue weighted by Gasteiger charge is -2.37. The molecule has 1 aromatic carbocycles. The van der Waals surface area contributed by atoms with Crippen LogP contribution in [0.25, 0.3) is 0 Å². The number of hydrogen-bond donors (Lipinski definition) is 1. The van der Waals surface area contributed by atoms with Gasteiger partial charge in [0.25, 0.3) is 0 Å². The molecular weight excluding hydrogens is 268 g/mol. The average Bonchev–Trinajstić information content (AvgIpc) is 2.42. The molecule has 1 fully saturated rings. The highest BCUT2D eigenvalue weighted by atomic mass is 35.5. The average molecular weight is 295 g/mol. The lowest BCUT2D eigenvalue weighted by Crippen LogP contribution is -2.42. The zero-order chi connectivity index (χ0) is 14.7. The predicted molar refractivity (Wildman–Crippen MR) is 87.0 cm³/mol. The van der Waals surface area contributed by atoms with Crippen LogP contribution >= 0.6 is 11.6 Å². The minimum Gasteiger partial charge on any atom is -0.327 e. The maximum atomic E-state index is 6.31. The van der Waals surface area contributed by atoms with Gasteiger partial charge in [-0.3, -0.25) is 4.90 Å². The van der Waals surface area contributed by atoms with E-state index in [0.717, 1.165) is 17.5 Å². The first-order valence-corrected chi connectivity index (χ1v) is 8.07. The summed E-state index contributed by atoms with van der Waals surface area (Å²) in [6.45, 7) is 5.62. The molecule has 3 heteroatoms. The summed E-state index contributed by atoms with van der Waals surface area (Å²) in [4.78, 5) is 2.39. The van der Waals surface area contributed by atoms with Gasteiger partial charge in [0.1, 0.15) is 0 Å². The van der Waals surface area contributed by atoms with Crippen LogP contribution in [0.2, 0.25) is 5.02 Å². The molecule has 1 aliphatic rings. The smallest absolute Gasteiger partial charge is 0.0453 e. The summed E-state index contributed by atoms with van der Waals surface area (Å²) in [7, 11) is 2.18. The summed E-state index contributed by atoms with van der Waals surface area (Å²) in [6.07, 6.45) is 3.70. The van der Waals surface area contributed by atoms with Crippen molar-refractivity contribution < 1.29 is 0 Å². The third kappa shape index (κ3) is 3.75. The number of halogens is 1. The van der Waals surface area contributed by atoms with Gasteiger partial charge >= 0.3 is 0 Å². The Balaban J connectivity index is 2.00. The van der Waals surface area contributed by atoms with E-state index in [9.17, 15) is 0 Å². The first kappa shape index (κ1) is 15.8. The molecule has 0 aromatic heterocycles. The van der Waals surface area contributed by atoms with Gasteiger partial charge in [-0.25, -0.2) is 0 Å². The van der Waals surface area contributed by atoms with E-state index < -0.39 is 0 Å². The second-order valence-electron chi connectivity index (χ2n) is 6.48. The van der Waals surface area contributed by atoms with Gasteiger partial charge < -0.3 is 5.73 Å². The van der Waals surface area contributed by atoms with E-state index in [1.54, 1.807) is 0 Å². The van der Waals surface area contributed by atoms with Crippen LogP contribution in [0.1, 0.15) is 44.7 Å². The zero-order valence-corrected chi connectivity index (χ0v) is 13.6. The fourth-order valence-corrected chi connectivity index (χ4v) is 3.61. The van der Waals surface area contributed by atoms with E-state index in [1.165, 1.54) is 24.8 Å². The predicted octanol–water partition coefficient (Wildman–Crippen LogP) is 4.10. The normalized spacial score (nSPS) is 28.6. The van der Waals surface area contributed by atoms with Crippen molar-refractivity contribution in [2.75, 3.05) is 13.6 Å². The molecule has 0 amide bonds. The Hall–Kier alpha value is -0.570. The van der Waals surface area contributed by atoms with E-state index in [0.29, 0.717) is 18.0 Å². The van der Waals surface area contributed by atoms with Crippen molar-refractivity contribution in [3.8, 4) is 0 Å². The molecule has 0 radical (unpaired) electrons. The zero-order valence-electron chi connectivity index (χ0n) is 12.8. The third-order valence-electron chi connectivity index (χ3n) is 4.84. The molecule has 0 saturated heterocycles. The quantitative estimate of drug-likeness (QED) is 0.906. The molecule has 4 unspecified atom stereocenters. The summed E-state index contributed by atoms with van der Waals surface area (Å²) < 4.78 is 0. The fourth-order valence-electron chi connectivity index (χ4n) is 3.31. The number of nitrogens with zero attached hydrogens (tertiary/aromatic N) is 1. The maximum Gasteiger partial charge on any atom is 0.0453 e. The number of nitrogens with two attached hydrogens (primary N) is 1. The van der Waals surface area contributed by atoms with Gasteiger partial charge in [0.2, 0.25) is 0 Å². The summed E-state index contributed by atoms with van der Waals surface area (Å²) >= 11 is 6.31. The largest absolute Gasteiger partial charge is 0.327 e. The fraction of sp³-hybridized carbons (Fsp3) is 0.647. The minimum atomic E-state index is 0.327. The molecule has 0 heterocycles. The highest BCUT2D eigenvalue weighted by Crippen LogP contribution is 2.31. The highest BCUT2D eigenvalue weighted by molar-refractivity contribution is 6.31. The van der Waals surface area contributed by atoms with Gasteiger partial charge in [-0.15, -0.1) is 0 Å². The Morgan fingerprint density at radius 3 is 2.75 bits per heavy atom. The Morgan fingerprint density at radius 1 is 1.35 bits per heavy atom. The summed E-state index contributed by atoms with van der Waals surface area (Å²) in [5, 5.41) is 0.855. The second kappa shape index (κ2) is 6.93. The topological polar surface area (TPSA) is 29.3 Å². The third-order valence-corrected chi connectivity index (χ3v) is 5.19. The second-order valence-corrected chi connectivity index (χ2v) is 6.89. The molecule has 2 nitrogen and oxygen atoms in total. The minimum absolute atomic E-state index is 0.327. The van der Waals surface area contributed by atoms with Gasteiger partial charge in [0.05, 0.1) is 0 Å². The molecule has 20 heavy (non-hydrogen) atoms. The van der Waals surface area contributed by atoms with E-state index >= 15 is 0 Å². The molecule has 1 aromatic rings. The number of hydrogen-bond acceptors (Lipinski definition) is 2. The lowest BCUT2D eigenvalue weighted by molar-refractivity contribution is 0.155. The summed E-state index contributed by atoms with van der Waals surface area (Å²) in [6, 6.07) is 8.81. The van der Waals surface area contributed by atoms with Crippen LogP contribution in [0.5, 0.6) is 0 Å². The summed E-state index contributed by atoms with van der Waals surface area (Å²) in [5.41, 5.74) is 7.51. The SMILES string of the molecule is CC1CCC(N)C(CN(C)C(C)c2ccccc2Cl)C1. The number of benzene rings is 1. The first-order chi connectivity index (χ1) is 9.49. The molecule has 2 N–H and O–H groups in total. The van der Waals surface area contributed by atoms with Gasteiger partial charge in [0.15, 0.2) is 0 Å². The van der Waals surface area contributed by atoms with Crippen LogP contribution in [0, 0.1) is 11.8 Å². The van der Waals surface area contributed by atoms with Crippen molar-refractivity contribution in [3.63, 3.8) is 0 Å². The van der Waals surface area contributed by atoms with Crippen LogP contribution in [0.3, 0.4) is 0 Å². The van der Waals surface area contributed by atoms with Gasteiger partial charge in [-0.1, -0.05) is 36.7 Å². The van der Waals surface area contributed by atoms with Gasteiger partial charge in [-0.05, 0) is 56.7 Å². The van der Waals surface area contributed by atoms with Crippen molar-refractivity contribution in [2.24, 2.45) is 17.6 Å². The molecule has 2 rings (SSSR count). The molecule has 1 saturated carbocycles. The monoisotopic (exact) mass is 294 g/mol. The standard InChI is InChI=1S/C17H27ClN2/c1-12-8-9-17(19)14(10-12)11-20(3)13(2)15-6-4-5-7-16(15)18/h4-7,12-14,17H,8-11,19H2,1-3H3. The molecular formula is C17H27ClN2. The van der Waals surface area contributed by atoms with Gasteiger partial charge in [0, 0.05) is 23.7 Å². The molecule has 112 valence electrons. The van der Waals surface area contributed by atoms with Crippen LogP contribution in [-0.4, -0.2) is 24.5 Å². The van der Waals surface area contributed by atoms with Crippen molar-refractivity contribution >= 4 is 11.6 Å². The molecule has 1 aliphatic carbocycles.